The summed E-state index contributed by atoms with van der Waals surface area (Å²) in [5.41, 5.74) is 6.21. The van der Waals surface area contributed by atoms with E-state index < -0.39 is 0 Å². The number of nitrogens with zero attached hydrogens (tertiary/aromatic N) is 1. The number of rotatable bonds is 1. The number of halogens is 2. The van der Waals surface area contributed by atoms with Crippen LogP contribution >= 0.6 is 27.5 Å². The van der Waals surface area contributed by atoms with Crippen molar-refractivity contribution in [3.8, 4) is 11.3 Å². The van der Waals surface area contributed by atoms with Gasteiger partial charge in [-0.3, -0.25) is 0 Å². The Morgan fingerprint density at radius 3 is 2.86 bits per heavy atom. The first kappa shape index (κ1) is 9.55. The summed E-state index contributed by atoms with van der Waals surface area (Å²) in [4.78, 5) is 0. The van der Waals surface area contributed by atoms with E-state index in [9.17, 15) is 0 Å². The number of aromatic nitrogens is 1. The van der Waals surface area contributed by atoms with Crippen LogP contribution in [0.2, 0.25) is 5.02 Å². The summed E-state index contributed by atoms with van der Waals surface area (Å²) in [6.45, 7) is 0. The molecule has 2 aromatic rings. The smallest absolute Gasteiger partial charge is 0.170 e. The minimum Gasteiger partial charge on any atom is -0.381 e. The Bertz CT molecular complexity index is 470. The molecule has 5 heteroatoms. The summed E-state index contributed by atoms with van der Waals surface area (Å²) in [5.74, 6) is 0.907. The lowest BCUT2D eigenvalue weighted by molar-refractivity contribution is 0.436. The number of benzene rings is 1. The van der Waals surface area contributed by atoms with Gasteiger partial charge in [-0.2, -0.15) is 0 Å². The van der Waals surface area contributed by atoms with Crippen molar-refractivity contribution in [1.82, 2.24) is 5.16 Å². The molecular formula is C9H6BrClN2O. The van der Waals surface area contributed by atoms with Crippen molar-refractivity contribution in [2.24, 2.45) is 0 Å². The third-order valence-electron chi connectivity index (χ3n) is 1.75. The van der Waals surface area contributed by atoms with Gasteiger partial charge in [-0.05, 0) is 28.1 Å². The second kappa shape index (κ2) is 3.63. The van der Waals surface area contributed by atoms with Crippen molar-refractivity contribution in [2.75, 3.05) is 5.73 Å². The maximum Gasteiger partial charge on any atom is 0.170 e. The molecule has 0 radical (unpaired) electrons. The van der Waals surface area contributed by atoms with E-state index in [-0.39, 0.29) is 0 Å². The van der Waals surface area contributed by atoms with Crippen molar-refractivity contribution in [1.29, 1.82) is 0 Å². The molecule has 0 spiro atoms. The van der Waals surface area contributed by atoms with Crippen LogP contribution in [0, 0.1) is 0 Å². The van der Waals surface area contributed by atoms with Gasteiger partial charge >= 0.3 is 0 Å². The van der Waals surface area contributed by atoms with Gasteiger partial charge < -0.3 is 10.3 Å². The zero-order chi connectivity index (χ0) is 10.1. The Labute approximate surface area is 94.0 Å². The second-order valence-corrected chi connectivity index (χ2v) is 3.95. The Balaban J connectivity index is 2.57. The number of nitrogen functional groups attached to an aromatic ring is 1. The fraction of sp³-hybridized carbons (Fsp3) is 0. The summed E-state index contributed by atoms with van der Waals surface area (Å²) < 4.78 is 5.82. The average molecular weight is 274 g/mol. The third kappa shape index (κ3) is 1.63. The molecule has 0 aliphatic rings. The first-order valence-electron chi connectivity index (χ1n) is 3.85. The molecule has 0 bridgehead atoms. The van der Waals surface area contributed by atoms with E-state index in [4.69, 9.17) is 21.9 Å². The monoisotopic (exact) mass is 272 g/mol. The molecule has 0 saturated heterocycles. The predicted molar refractivity (Wildman–Crippen MR) is 59.1 cm³/mol. The van der Waals surface area contributed by atoms with Gasteiger partial charge in [0.05, 0.1) is 5.02 Å². The van der Waals surface area contributed by atoms with Crippen LogP contribution in [0.5, 0.6) is 0 Å². The highest BCUT2D eigenvalue weighted by Crippen LogP contribution is 2.33. The molecule has 2 N–H and O–H groups in total. The van der Waals surface area contributed by atoms with E-state index in [0.717, 1.165) is 10.0 Å². The molecule has 0 amide bonds. The highest BCUT2D eigenvalue weighted by molar-refractivity contribution is 9.10. The molecule has 0 fully saturated rings. The number of anilines is 1. The fourth-order valence-corrected chi connectivity index (χ4v) is 1.70. The summed E-state index contributed by atoms with van der Waals surface area (Å²) in [6, 6.07) is 7.19. The van der Waals surface area contributed by atoms with Crippen LogP contribution in [-0.2, 0) is 0 Å². The highest BCUT2D eigenvalue weighted by atomic mass is 79.9. The molecule has 72 valence electrons. The highest BCUT2D eigenvalue weighted by Gasteiger charge is 2.10. The van der Waals surface area contributed by atoms with Crippen LogP contribution in [-0.4, -0.2) is 5.16 Å². The Kier molecular flexibility index (Phi) is 2.48. The van der Waals surface area contributed by atoms with E-state index in [0.29, 0.717) is 16.6 Å². The van der Waals surface area contributed by atoms with E-state index in [1.165, 1.54) is 0 Å². The van der Waals surface area contributed by atoms with Gasteiger partial charge in [-0.25, -0.2) is 0 Å². The van der Waals surface area contributed by atoms with Crippen molar-refractivity contribution < 1.29 is 4.52 Å². The van der Waals surface area contributed by atoms with E-state index in [1.54, 1.807) is 6.07 Å². The van der Waals surface area contributed by atoms with Gasteiger partial charge in [0.2, 0.25) is 0 Å². The summed E-state index contributed by atoms with van der Waals surface area (Å²) in [7, 11) is 0. The molecule has 0 atom stereocenters. The molecule has 0 aliphatic carbocycles. The average Bonchev–Trinajstić information content (AvgIpc) is 2.57. The van der Waals surface area contributed by atoms with Gasteiger partial charge in [0.1, 0.15) is 0 Å². The Morgan fingerprint density at radius 2 is 2.21 bits per heavy atom. The molecule has 1 aromatic heterocycles. The van der Waals surface area contributed by atoms with E-state index >= 15 is 0 Å². The van der Waals surface area contributed by atoms with Crippen molar-refractivity contribution in [2.45, 2.75) is 0 Å². The predicted octanol–water partition coefficient (Wildman–Crippen LogP) is 3.34. The van der Waals surface area contributed by atoms with Crippen LogP contribution in [0.3, 0.4) is 0 Å². The second-order valence-electron chi connectivity index (χ2n) is 2.72. The van der Waals surface area contributed by atoms with Crippen LogP contribution in [0.15, 0.2) is 33.3 Å². The zero-order valence-electron chi connectivity index (χ0n) is 7.00. The lowest BCUT2D eigenvalue weighted by atomic mass is 10.2. The molecule has 1 aromatic carbocycles. The maximum atomic E-state index is 6.06. The normalized spacial score (nSPS) is 10.4. The van der Waals surface area contributed by atoms with Crippen LogP contribution in [0.1, 0.15) is 0 Å². The van der Waals surface area contributed by atoms with E-state index in [2.05, 4.69) is 21.1 Å². The van der Waals surface area contributed by atoms with Crippen LogP contribution in [0.4, 0.5) is 5.82 Å². The number of nitrogens with two attached hydrogens (primary N) is 1. The largest absolute Gasteiger partial charge is 0.381 e. The van der Waals surface area contributed by atoms with Crippen molar-refractivity contribution in [3.63, 3.8) is 0 Å². The first-order chi connectivity index (χ1) is 6.68. The number of hydrogen-bond acceptors (Lipinski definition) is 3. The lowest BCUT2D eigenvalue weighted by Gasteiger charge is -2.00. The van der Waals surface area contributed by atoms with Crippen LogP contribution < -0.4 is 5.73 Å². The molecule has 1 heterocycles. The molecule has 14 heavy (non-hydrogen) atoms. The standard InChI is InChI=1S/C9H6BrClN2O/c10-6-3-1-2-5(9(6)11)7-4-8(12)13-14-7/h1-4H,(H2,12,13). The molecule has 2 rings (SSSR count). The first-order valence-corrected chi connectivity index (χ1v) is 5.02. The Morgan fingerprint density at radius 1 is 1.43 bits per heavy atom. The number of hydrogen-bond donors (Lipinski definition) is 1. The molecule has 0 saturated carbocycles. The quantitative estimate of drug-likeness (QED) is 0.867. The van der Waals surface area contributed by atoms with E-state index in [1.807, 2.05) is 18.2 Å². The lowest BCUT2D eigenvalue weighted by Crippen LogP contribution is -1.80. The Hall–Kier alpha value is -1.00. The van der Waals surface area contributed by atoms with Crippen molar-refractivity contribution in [3.05, 3.63) is 33.8 Å². The topological polar surface area (TPSA) is 52.0 Å². The summed E-state index contributed by atoms with van der Waals surface area (Å²) in [6.07, 6.45) is 0. The van der Waals surface area contributed by atoms with Gasteiger partial charge in [-0.15, -0.1) is 0 Å². The maximum absolute atomic E-state index is 6.06. The van der Waals surface area contributed by atoms with Gasteiger partial charge in [0.25, 0.3) is 0 Å². The van der Waals surface area contributed by atoms with Crippen LogP contribution in [0.25, 0.3) is 11.3 Å². The molecule has 3 nitrogen and oxygen atoms in total. The summed E-state index contributed by atoms with van der Waals surface area (Å²) >= 11 is 9.39. The SMILES string of the molecule is Nc1cc(-c2cccc(Br)c2Cl)on1. The third-order valence-corrected chi connectivity index (χ3v) is 3.04. The van der Waals surface area contributed by atoms with Gasteiger partial charge in [-0.1, -0.05) is 22.8 Å². The minimum atomic E-state index is 0.344. The zero-order valence-corrected chi connectivity index (χ0v) is 9.34. The molecule has 0 aliphatic heterocycles. The summed E-state index contributed by atoms with van der Waals surface area (Å²) in [5, 5.41) is 4.18. The van der Waals surface area contributed by atoms with Gasteiger partial charge in [0, 0.05) is 16.1 Å². The van der Waals surface area contributed by atoms with Crippen molar-refractivity contribution >= 4 is 33.3 Å². The molecular weight excluding hydrogens is 267 g/mol. The van der Waals surface area contributed by atoms with Gasteiger partial charge in [0.15, 0.2) is 11.6 Å². The minimum absolute atomic E-state index is 0.344. The fourth-order valence-electron chi connectivity index (χ4n) is 1.11. The molecule has 0 unspecified atom stereocenters.